The number of rotatable bonds is 8. The molecular formula is C23H23NO4S. The summed E-state index contributed by atoms with van der Waals surface area (Å²) in [4.78, 5) is 12.5. The maximum atomic E-state index is 12.3. The molecule has 0 aliphatic carbocycles. The molecule has 0 saturated heterocycles. The second-order valence-corrected chi connectivity index (χ2v) is 8.79. The first kappa shape index (κ1) is 20.8. The summed E-state index contributed by atoms with van der Waals surface area (Å²) in [6.45, 7) is 1.41. The van der Waals surface area contributed by atoms with Gasteiger partial charge in [-0.2, -0.15) is 0 Å². The molecule has 3 rings (SSSR count). The lowest BCUT2D eigenvalue weighted by Crippen LogP contribution is -2.22. The monoisotopic (exact) mass is 409 g/mol. The van der Waals surface area contributed by atoms with Gasteiger partial charge in [-0.1, -0.05) is 54.6 Å². The van der Waals surface area contributed by atoms with Crippen molar-refractivity contribution in [3.8, 4) is 0 Å². The predicted molar refractivity (Wildman–Crippen MR) is 112 cm³/mol. The molecule has 29 heavy (non-hydrogen) atoms. The Morgan fingerprint density at radius 2 is 1.45 bits per heavy atom. The average Bonchev–Trinajstić information content (AvgIpc) is 2.72. The van der Waals surface area contributed by atoms with Crippen molar-refractivity contribution in [2.75, 3.05) is 6.26 Å². The van der Waals surface area contributed by atoms with Crippen LogP contribution in [0.1, 0.15) is 27.0 Å². The van der Waals surface area contributed by atoms with Crippen LogP contribution in [-0.4, -0.2) is 20.6 Å². The lowest BCUT2D eigenvalue weighted by atomic mass is 10.1. The summed E-state index contributed by atoms with van der Waals surface area (Å²) in [5.41, 5.74) is 3.54. The molecule has 3 aromatic carbocycles. The number of benzene rings is 3. The third-order valence-corrected chi connectivity index (χ3v) is 5.50. The highest BCUT2D eigenvalue weighted by Crippen LogP contribution is 2.12. The molecular weight excluding hydrogens is 386 g/mol. The van der Waals surface area contributed by atoms with Crippen LogP contribution in [0.25, 0.3) is 0 Å². The highest BCUT2D eigenvalue weighted by molar-refractivity contribution is 7.90. The molecule has 0 radical (unpaired) electrons. The number of ether oxygens (including phenoxy) is 1. The summed E-state index contributed by atoms with van der Waals surface area (Å²) in [6, 6.07) is 23.7. The first-order valence-corrected chi connectivity index (χ1v) is 11.1. The second-order valence-electron chi connectivity index (χ2n) is 6.78. The number of nitrogens with one attached hydrogen (secondary N) is 1. The molecule has 3 aromatic rings. The van der Waals surface area contributed by atoms with E-state index in [1.807, 2.05) is 54.6 Å². The molecule has 0 heterocycles. The van der Waals surface area contributed by atoms with E-state index >= 15 is 0 Å². The van der Waals surface area contributed by atoms with Crippen LogP contribution in [0, 0.1) is 0 Å². The third-order valence-electron chi connectivity index (χ3n) is 4.37. The fourth-order valence-electron chi connectivity index (χ4n) is 2.83. The average molecular weight is 410 g/mol. The van der Waals surface area contributed by atoms with Gasteiger partial charge < -0.3 is 10.1 Å². The Kier molecular flexibility index (Phi) is 6.80. The van der Waals surface area contributed by atoms with E-state index in [-0.39, 0.29) is 10.8 Å². The van der Waals surface area contributed by atoms with Crippen LogP contribution < -0.4 is 5.32 Å². The number of amides is 1. The lowest BCUT2D eigenvalue weighted by Gasteiger charge is -2.09. The first-order valence-electron chi connectivity index (χ1n) is 9.19. The maximum Gasteiger partial charge on any atom is 0.251 e. The normalized spacial score (nSPS) is 11.2. The summed E-state index contributed by atoms with van der Waals surface area (Å²) < 4.78 is 28.8. The van der Waals surface area contributed by atoms with Crippen LogP contribution >= 0.6 is 0 Å². The molecule has 150 valence electrons. The van der Waals surface area contributed by atoms with Gasteiger partial charge in [0.25, 0.3) is 5.91 Å². The first-order chi connectivity index (χ1) is 13.9. The van der Waals surface area contributed by atoms with Gasteiger partial charge in [-0.3, -0.25) is 4.79 Å². The highest BCUT2D eigenvalue weighted by atomic mass is 32.2. The van der Waals surface area contributed by atoms with E-state index in [0.29, 0.717) is 25.3 Å². The van der Waals surface area contributed by atoms with Crippen molar-refractivity contribution < 1.29 is 17.9 Å². The topological polar surface area (TPSA) is 72.5 Å². The van der Waals surface area contributed by atoms with Crippen molar-refractivity contribution >= 4 is 15.7 Å². The van der Waals surface area contributed by atoms with Crippen molar-refractivity contribution in [2.24, 2.45) is 0 Å². The van der Waals surface area contributed by atoms with Gasteiger partial charge >= 0.3 is 0 Å². The van der Waals surface area contributed by atoms with Crippen molar-refractivity contribution in [2.45, 2.75) is 24.7 Å². The Hall–Kier alpha value is -2.96. The van der Waals surface area contributed by atoms with Gasteiger partial charge in [0.2, 0.25) is 0 Å². The molecule has 6 heteroatoms. The molecule has 0 aromatic heterocycles. The molecule has 0 aliphatic rings. The summed E-state index contributed by atoms with van der Waals surface area (Å²) in [5, 5.41) is 2.85. The zero-order valence-corrected chi connectivity index (χ0v) is 17.0. The van der Waals surface area contributed by atoms with E-state index in [0.717, 1.165) is 22.9 Å². The van der Waals surface area contributed by atoms with Gasteiger partial charge in [-0.25, -0.2) is 8.42 Å². The third kappa shape index (κ3) is 6.27. The van der Waals surface area contributed by atoms with E-state index in [4.69, 9.17) is 4.74 Å². The largest absolute Gasteiger partial charge is 0.372 e. The molecule has 1 N–H and O–H groups in total. The van der Waals surface area contributed by atoms with Crippen molar-refractivity contribution in [3.63, 3.8) is 0 Å². The molecule has 0 spiro atoms. The fraction of sp³-hybridized carbons (Fsp3) is 0.174. The summed E-state index contributed by atoms with van der Waals surface area (Å²) in [5.74, 6) is -0.254. The molecule has 0 unspecified atom stereocenters. The van der Waals surface area contributed by atoms with E-state index in [9.17, 15) is 13.2 Å². The Labute approximate surface area is 171 Å². The minimum atomic E-state index is -3.27. The van der Waals surface area contributed by atoms with Crippen molar-refractivity contribution in [1.82, 2.24) is 5.32 Å². The molecule has 0 bridgehead atoms. The Bertz CT molecular complexity index is 1060. The minimum Gasteiger partial charge on any atom is -0.372 e. The van der Waals surface area contributed by atoms with Crippen LogP contribution in [0.4, 0.5) is 0 Å². The highest BCUT2D eigenvalue weighted by Gasteiger charge is 2.10. The maximum absolute atomic E-state index is 12.3. The van der Waals surface area contributed by atoms with Gasteiger partial charge in [0.15, 0.2) is 9.84 Å². The number of hydrogen-bond donors (Lipinski definition) is 1. The van der Waals surface area contributed by atoms with Crippen LogP contribution in [0.3, 0.4) is 0 Å². The zero-order valence-electron chi connectivity index (χ0n) is 16.2. The quantitative estimate of drug-likeness (QED) is 0.615. The van der Waals surface area contributed by atoms with Crippen LogP contribution in [0.2, 0.25) is 0 Å². The van der Waals surface area contributed by atoms with Gasteiger partial charge in [0, 0.05) is 18.4 Å². The second kappa shape index (κ2) is 9.49. The predicted octanol–water partition coefficient (Wildman–Crippen LogP) is 3.74. The van der Waals surface area contributed by atoms with Crippen LogP contribution in [0.5, 0.6) is 0 Å². The molecule has 0 saturated carbocycles. The summed E-state index contributed by atoms with van der Waals surface area (Å²) in [7, 11) is -3.27. The number of carbonyl (C=O) groups is 1. The van der Waals surface area contributed by atoms with E-state index in [1.54, 1.807) is 0 Å². The Morgan fingerprint density at radius 3 is 2.14 bits per heavy atom. The van der Waals surface area contributed by atoms with Gasteiger partial charge in [0.05, 0.1) is 18.1 Å². The smallest absolute Gasteiger partial charge is 0.251 e. The lowest BCUT2D eigenvalue weighted by molar-refractivity contribution is 0.0950. The minimum absolute atomic E-state index is 0.192. The molecule has 0 atom stereocenters. The van der Waals surface area contributed by atoms with Crippen LogP contribution in [-0.2, 0) is 34.3 Å². The zero-order chi connectivity index (χ0) is 20.7. The Balaban J connectivity index is 1.52. The van der Waals surface area contributed by atoms with Gasteiger partial charge in [0.1, 0.15) is 0 Å². The molecule has 0 aliphatic heterocycles. The van der Waals surface area contributed by atoms with Crippen molar-refractivity contribution in [1.29, 1.82) is 0 Å². The number of hydrogen-bond acceptors (Lipinski definition) is 4. The number of sulfone groups is 1. The molecule has 5 nitrogen and oxygen atoms in total. The molecule has 1 amide bonds. The van der Waals surface area contributed by atoms with E-state index < -0.39 is 9.84 Å². The van der Waals surface area contributed by atoms with Crippen molar-refractivity contribution in [3.05, 3.63) is 101 Å². The number of carbonyl (C=O) groups excluding carboxylic acids is 1. The van der Waals surface area contributed by atoms with E-state index in [1.165, 1.54) is 24.3 Å². The summed E-state index contributed by atoms with van der Waals surface area (Å²) in [6.07, 6.45) is 1.14. The van der Waals surface area contributed by atoms with Crippen LogP contribution in [0.15, 0.2) is 83.8 Å². The standard InChI is InChI=1S/C23H23NO4S/c1-29(26,27)22-12-10-21(11-13-22)23(25)24-15-19-8-5-9-20(14-19)17-28-16-18-6-3-2-4-7-18/h2-14H,15-17H2,1H3,(H,24,25). The van der Waals surface area contributed by atoms with Gasteiger partial charge in [-0.15, -0.1) is 0 Å². The Morgan fingerprint density at radius 1 is 0.828 bits per heavy atom. The SMILES string of the molecule is CS(=O)(=O)c1ccc(C(=O)NCc2cccc(COCc3ccccc3)c2)cc1. The fourth-order valence-corrected chi connectivity index (χ4v) is 3.46. The summed E-state index contributed by atoms with van der Waals surface area (Å²) >= 11 is 0. The van der Waals surface area contributed by atoms with E-state index in [2.05, 4.69) is 5.32 Å². The van der Waals surface area contributed by atoms with Gasteiger partial charge in [-0.05, 0) is 41.0 Å². The molecule has 0 fully saturated rings.